The molecule has 0 fully saturated rings. The van der Waals surface area contributed by atoms with Gasteiger partial charge in [0.05, 0.1) is 21.5 Å². The van der Waals surface area contributed by atoms with E-state index in [-0.39, 0.29) is 21.9 Å². The molecule has 1 amide bonds. The van der Waals surface area contributed by atoms with Crippen molar-refractivity contribution in [3.05, 3.63) is 39.7 Å². The number of anilines is 1. The Labute approximate surface area is 155 Å². The van der Waals surface area contributed by atoms with Crippen LogP contribution in [0, 0.1) is 19.7 Å². The number of aryl methyl sites for hydroxylation is 2. The van der Waals surface area contributed by atoms with Crippen LogP contribution in [-0.2, 0) is 4.79 Å². The predicted octanol–water partition coefficient (Wildman–Crippen LogP) is 4.33. The number of benzene rings is 1. The lowest BCUT2D eigenvalue weighted by Crippen LogP contribution is -2.14. The normalized spacial score (nSPS) is 10.9. The Kier molecular flexibility index (Phi) is 5.36. The number of hydrogen-bond donors (Lipinski definition) is 1. The van der Waals surface area contributed by atoms with Gasteiger partial charge in [-0.2, -0.15) is 0 Å². The van der Waals surface area contributed by atoms with Crippen molar-refractivity contribution in [1.29, 1.82) is 0 Å². The minimum atomic E-state index is -0.541. The number of hydrogen-bond acceptors (Lipinski definition) is 7. The third-order valence-corrected chi connectivity index (χ3v) is 5.20. The molecule has 25 heavy (non-hydrogen) atoms. The van der Waals surface area contributed by atoms with Crippen molar-refractivity contribution in [2.24, 2.45) is 0 Å². The summed E-state index contributed by atoms with van der Waals surface area (Å²) in [4.78, 5) is 17.1. The van der Waals surface area contributed by atoms with E-state index in [2.05, 4.69) is 20.5 Å². The Morgan fingerprint density at radius 2 is 2.20 bits per heavy atom. The summed E-state index contributed by atoms with van der Waals surface area (Å²) >= 11 is 8.26. The van der Waals surface area contributed by atoms with Crippen LogP contribution < -0.4 is 5.32 Å². The molecular formula is C15H12ClFN4O2S2. The third-order valence-electron chi connectivity index (χ3n) is 3.03. The molecule has 1 N–H and O–H groups in total. The zero-order chi connectivity index (χ0) is 18.0. The lowest BCUT2D eigenvalue weighted by Gasteiger charge is -2.04. The number of rotatable bonds is 5. The summed E-state index contributed by atoms with van der Waals surface area (Å²) in [5, 5.41) is 11.7. The minimum absolute atomic E-state index is 0.0535. The monoisotopic (exact) mass is 398 g/mol. The fourth-order valence-electron chi connectivity index (χ4n) is 1.99. The van der Waals surface area contributed by atoms with Crippen LogP contribution in [-0.4, -0.2) is 26.8 Å². The molecule has 6 nitrogen and oxygen atoms in total. The second-order valence-corrected chi connectivity index (χ2v) is 7.52. The predicted molar refractivity (Wildman–Crippen MR) is 95.6 cm³/mol. The number of aromatic nitrogens is 3. The van der Waals surface area contributed by atoms with E-state index in [0.29, 0.717) is 11.6 Å². The molecule has 0 atom stereocenters. The second kappa shape index (κ2) is 7.51. The van der Waals surface area contributed by atoms with Gasteiger partial charge in [0.1, 0.15) is 10.7 Å². The first-order valence-corrected chi connectivity index (χ1v) is 9.26. The fraction of sp³-hybridized carbons (Fsp3) is 0.200. The highest BCUT2D eigenvalue weighted by Gasteiger charge is 2.16. The maximum atomic E-state index is 13.1. The van der Waals surface area contributed by atoms with Crippen molar-refractivity contribution in [2.75, 3.05) is 11.1 Å². The molecule has 3 rings (SSSR count). The minimum Gasteiger partial charge on any atom is -0.410 e. The summed E-state index contributed by atoms with van der Waals surface area (Å²) in [5.74, 6) is -0.383. The average Bonchev–Trinajstić information content (AvgIpc) is 3.15. The van der Waals surface area contributed by atoms with E-state index in [4.69, 9.17) is 16.0 Å². The van der Waals surface area contributed by atoms with Crippen LogP contribution in [0.5, 0.6) is 0 Å². The second-order valence-electron chi connectivity index (χ2n) is 4.99. The van der Waals surface area contributed by atoms with Crippen LogP contribution in [0.15, 0.2) is 27.8 Å². The number of halogens is 2. The molecule has 130 valence electrons. The zero-order valence-electron chi connectivity index (χ0n) is 13.2. The van der Waals surface area contributed by atoms with Gasteiger partial charge in [-0.05, 0) is 32.0 Å². The van der Waals surface area contributed by atoms with Gasteiger partial charge in [0, 0.05) is 5.69 Å². The van der Waals surface area contributed by atoms with E-state index in [1.54, 1.807) is 0 Å². The molecule has 0 aliphatic heterocycles. The summed E-state index contributed by atoms with van der Waals surface area (Å²) in [5.41, 5.74) is 1.24. The van der Waals surface area contributed by atoms with Gasteiger partial charge in [-0.25, -0.2) is 9.37 Å². The van der Waals surface area contributed by atoms with Crippen LogP contribution in [0.4, 0.5) is 10.1 Å². The number of carbonyl (C=O) groups excluding carboxylic acids is 1. The molecule has 2 heterocycles. The molecule has 0 saturated carbocycles. The first kappa shape index (κ1) is 17.8. The van der Waals surface area contributed by atoms with E-state index in [9.17, 15) is 9.18 Å². The SMILES string of the molecule is Cc1nc(C)c(-c2nnc(SCC(=O)Nc3ccc(F)c(Cl)c3)o2)s1. The van der Waals surface area contributed by atoms with Crippen molar-refractivity contribution in [2.45, 2.75) is 19.1 Å². The summed E-state index contributed by atoms with van der Waals surface area (Å²) in [6.07, 6.45) is 0. The highest BCUT2D eigenvalue weighted by molar-refractivity contribution is 7.99. The maximum absolute atomic E-state index is 13.1. The van der Waals surface area contributed by atoms with Gasteiger partial charge in [0.2, 0.25) is 5.91 Å². The molecule has 3 aromatic rings. The average molecular weight is 399 g/mol. The van der Waals surface area contributed by atoms with Crippen molar-refractivity contribution in [1.82, 2.24) is 15.2 Å². The Bertz CT molecular complexity index is 928. The molecule has 0 radical (unpaired) electrons. The first-order chi connectivity index (χ1) is 11.9. The Morgan fingerprint density at radius 1 is 1.40 bits per heavy atom. The van der Waals surface area contributed by atoms with Crippen LogP contribution >= 0.6 is 34.7 Å². The van der Waals surface area contributed by atoms with Crippen LogP contribution in [0.1, 0.15) is 10.7 Å². The Hall–Kier alpha value is -1.97. The summed E-state index contributed by atoms with van der Waals surface area (Å²) in [7, 11) is 0. The number of carbonyl (C=O) groups is 1. The highest BCUT2D eigenvalue weighted by atomic mass is 35.5. The maximum Gasteiger partial charge on any atom is 0.277 e. The number of nitrogens with one attached hydrogen (secondary N) is 1. The van der Waals surface area contributed by atoms with Crippen molar-refractivity contribution in [3.63, 3.8) is 0 Å². The largest absolute Gasteiger partial charge is 0.410 e. The highest BCUT2D eigenvalue weighted by Crippen LogP contribution is 2.30. The van der Waals surface area contributed by atoms with E-state index in [0.717, 1.165) is 27.3 Å². The molecule has 1 aromatic carbocycles. The lowest BCUT2D eigenvalue weighted by molar-refractivity contribution is -0.113. The van der Waals surface area contributed by atoms with Crippen LogP contribution in [0.2, 0.25) is 5.02 Å². The number of thioether (sulfide) groups is 1. The smallest absolute Gasteiger partial charge is 0.277 e. The van der Waals surface area contributed by atoms with Crippen LogP contribution in [0.25, 0.3) is 10.8 Å². The number of nitrogens with zero attached hydrogens (tertiary/aromatic N) is 3. The van der Waals surface area contributed by atoms with Gasteiger partial charge < -0.3 is 9.73 Å². The molecule has 0 saturated heterocycles. The van der Waals surface area contributed by atoms with Gasteiger partial charge in [-0.3, -0.25) is 4.79 Å². The standard InChI is InChI=1S/C15H12ClFN4O2S2/c1-7-13(25-8(2)18-7)14-20-21-15(23-14)24-6-12(22)19-9-3-4-11(17)10(16)5-9/h3-5H,6H2,1-2H3,(H,19,22). The molecule has 0 spiro atoms. The fourth-order valence-corrected chi connectivity index (χ4v) is 3.57. The topological polar surface area (TPSA) is 80.9 Å². The molecule has 10 heteroatoms. The van der Waals surface area contributed by atoms with E-state index in [1.807, 2.05) is 13.8 Å². The first-order valence-electron chi connectivity index (χ1n) is 7.08. The molecule has 2 aromatic heterocycles. The number of thiazole rings is 1. The van der Waals surface area contributed by atoms with Crippen molar-refractivity contribution >= 4 is 46.3 Å². The van der Waals surface area contributed by atoms with Gasteiger partial charge in [-0.15, -0.1) is 21.5 Å². The Balaban J connectivity index is 1.59. The quantitative estimate of drug-likeness (QED) is 0.644. The summed E-state index contributed by atoms with van der Waals surface area (Å²) in [6, 6.07) is 3.97. The van der Waals surface area contributed by atoms with Crippen molar-refractivity contribution in [3.8, 4) is 10.8 Å². The third kappa shape index (κ3) is 4.36. The van der Waals surface area contributed by atoms with Gasteiger partial charge in [0.25, 0.3) is 11.1 Å². The van der Waals surface area contributed by atoms with Gasteiger partial charge in [0.15, 0.2) is 0 Å². The van der Waals surface area contributed by atoms with E-state index in [1.165, 1.54) is 29.5 Å². The van der Waals surface area contributed by atoms with Gasteiger partial charge in [-0.1, -0.05) is 23.4 Å². The van der Waals surface area contributed by atoms with Gasteiger partial charge >= 0.3 is 0 Å². The van der Waals surface area contributed by atoms with Crippen LogP contribution in [0.3, 0.4) is 0 Å². The molecule has 0 aliphatic carbocycles. The zero-order valence-corrected chi connectivity index (χ0v) is 15.6. The number of amides is 1. The Morgan fingerprint density at radius 3 is 2.88 bits per heavy atom. The summed E-state index contributed by atoms with van der Waals surface area (Å²) in [6.45, 7) is 3.77. The lowest BCUT2D eigenvalue weighted by atomic mass is 10.3. The molecule has 0 unspecified atom stereocenters. The summed E-state index contributed by atoms with van der Waals surface area (Å²) < 4.78 is 18.7. The van der Waals surface area contributed by atoms with Crippen molar-refractivity contribution < 1.29 is 13.6 Å². The van der Waals surface area contributed by atoms with E-state index < -0.39 is 5.82 Å². The molecule has 0 bridgehead atoms. The van der Waals surface area contributed by atoms with E-state index >= 15 is 0 Å². The molecule has 0 aliphatic rings. The molecular weight excluding hydrogens is 387 g/mol.